The van der Waals surface area contributed by atoms with E-state index in [0.29, 0.717) is 0 Å². The first kappa shape index (κ1) is 14.7. The highest BCUT2D eigenvalue weighted by atomic mass is 35.5. The quantitative estimate of drug-likeness (QED) is 0.596. The van der Waals surface area contributed by atoms with E-state index >= 15 is 0 Å². The Morgan fingerprint density at radius 2 is 2.33 bits per heavy atom. The van der Waals surface area contributed by atoms with E-state index in [4.69, 9.17) is 16.7 Å². The molecular formula is C10H9ClN6O4. The van der Waals surface area contributed by atoms with Crippen LogP contribution in [0.4, 0.5) is 11.5 Å². The molecule has 2 aromatic heterocycles. The minimum atomic E-state index is -1.18. The summed E-state index contributed by atoms with van der Waals surface area (Å²) in [6.07, 6.45) is 2.54. The summed E-state index contributed by atoms with van der Waals surface area (Å²) in [7, 11) is 0. The van der Waals surface area contributed by atoms with Crippen LogP contribution in [-0.4, -0.2) is 42.5 Å². The number of nitrogens with one attached hydrogen (secondary N) is 1. The lowest BCUT2D eigenvalue weighted by molar-refractivity contribution is -0.384. The zero-order chi connectivity index (χ0) is 15.4. The molecule has 0 bridgehead atoms. The summed E-state index contributed by atoms with van der Waals surface area (Å²) in [5, 5.41) is 29.5. The molecule has 0 amide bonds. The fraction of sp³-hybridized carbons (Fsp3) is 0.200. The van der Waals surface area contributed by atoms with Gasteiger partial charge in [-0.25, -0.2) is 14.5 Å². The van der Waals surface area contributed by atoms with E-state index in [2.05, 4.69) is 20.6 Å². The van der Waals surface area contributed by atoms with Crippen LogP contribution in [0.15, 0.2) is 18.5 Å². The van der Waals surface area contributed by atoms with Gasteiger partial charge in [-0.15, -0.1) is 5.10 Å². The Hall–Kier alpha value is -2.75. The van der Waals surface area contributed by atoms with E-state index in [1.165, 1.54) is 23.1 Å². The van der Waals surface area contributed by atoms with E-state index in [9.17, 15) is 14.9 Å². The number of nitrogens with zero attached hydrogens (tertiary/aromatic N) is 5. The predicted molar refractivity (Wildman–Crippen MR) is 71.4 cm³/mol. The maximum atomic E-state index is 10.9. The number of carboxylic acids is 1. The number of halogens is 1. The molecule has 10 nitrogen and oxygen atoms in total. The Kier molecular flexibility index (Phi) is 4.28. The van der Waals surface area contributed by atoms with Gasteiger partial charge in [-0.3, -0.25) is 10.1 Å². The molecule has 0 fully saturated rings. The third-order valence-electron chi connectivity index (χ3n) is 2.42. The number of carboxylic acid groups (broad SMARTS) is 1. The number of anilines is 1. The fourth-order valence-corrected chi connectivity index (χ4v) is 1.65. The fourth-order valence-electron chi connectivity index (χ4n) is 1.50. The normalized spacial score (nSPS) is 10.3. The van der Waals surface area contributed by atoms with Crippen molar-refractivity contribution in [2.24, 2.45) is 0 Å². The Bertz CT molecular complexity index is 688. The van der Waals surface area contributed by atoms with Gasteiger partial charge in [-0.1, -0.05) is 16.8 Å². The largest absolute Gasteiger partial charge is 0.476 e. The van der Waals surface area contributed by atoms with E-state index < -0.39 is 10.9 Å². The van der Waals surface area contributed by atoms with E-state index in [-0.39, 0.29) is 35.3 Å². The topological polar surface area (TPSA) is 136 Å². The Morgan fingerprint density at radius 3 is 2.95 bits per heavy atom. The summed E-state index contributed by atoms with van der Waals surface area (Å²) in [5.41, 5.74) is -0.419. The van der Waals surface area contributed by atoms with Crippen molar-refractivity contribution >= 4 is 29.1 Å². The first-order valence-electron chi connectivity index (χ1n) is 5.64. The molecule has 0 spiro atoms. The molecule has 21 heavy (non-hydrogen) atoms. The van der Waals surface area contributed by atoms with Crippen LogP contribution in [-0.2, 0) is 6.54 Å². The minimum Gasteiger partial charge on any atom is -0.476 e. The molecular weight excluding hydrogens is 304 g/mol. The Morgan fingerprint density at radius 1 is 1.57 bits per heavy atom. The molecule has 2 N–H and O–H groups in total. The highest BCUT2D eigenvalue weighted by Gasteiger charge is 2.15. The molecule has 0 aliphatic rings. The predicted octanol–water partition coefficient (Wildman–Crippen LogP) is 1.04. The second-order valence-electron chi connectivity index (χ2n) is 3.88. The maximum Gasteiger partial charge on any atom is 0.358 e. The van der Waals surface area contributed by atoms with Crippen LogP contribution < -0.4 is 5.32 Å². The number of aromatic carboxylic acids is 1. The lowest BCUT2D eigenvalue weighted by Crippen LogP contribution is -2.13. The molecule has 0 aliphatic heterocycles. The number of nitro groups is 1. The smallest absolute Gasteiger partial charge is 0.358 e. The van der Waals surface area contributed by atoms with Crippen LogP contribution in [0.2, 0.25) is 5.02 Å². The van der Waals surface area contributed by atoms with E-state index in [0.717, 1.165) is 0 Å². The highest BCUT2D eigenvalue weighted by molar-refractivity contribution is 6.30. The highest BCUT2D eigenvalue weighted by Crippen LogP contribution is 2.24. The SMILES string of the molecule is O=C(O)c1cn(CCNc2ncc(Cl)cc2[N+](=O)[O-])nn1. The number of pyridine rings is 1. The maximum absolute atomic E-state index is 10.9. The molecule has 0 atom stereocenters. The van der Waals surface area contributed by atoms with Crippen LogP contribution in [0.1, 0.15) is 10.5 Å². The Labute approximate surface area is 122 Å². The van der Waals surface area contributed by atoms with Crippen molar-refractivity contribution in [3.05, 3.63) is 39.3 Å². The second kappa shape index (κ2) is 6.13. The Balaban J connectivity index is 2.00. The molecule has 11 heteroatoms. The summed E-state index contributed by atoms with van der Waals surface area (Å²) < 4.78 is 1.30. The molecule has 0 aromatic carbocycles. The number of rotatable bonds is 6. The van der Waals surface area contributed by atoms with Gasteiger partial charge in [0.05, 0.1) is 22.7 Å². The minimum absolute atomic E-state index is 0.0722. The van der Waals surface area contributed by atoms with Gasteiger partial charge in [0.15, 0.2) is 5.69 Å². The molecule has 0 aliphatic carbocycles. The summed E-state index contributed by atoms with van der Waals surface area (Å²) in [6, 6.07) is 1.19. The van der Waals surface area contributed by atoms with Gasteiger partial charge in [0.2, 0.25) is 5.82 Å². The first-order chi connectivity index (χ1) is 9.97. The molecule has 2 rings (SSSR count). The van der Waals surface area contributed by atoms with Gasteiger partial charge >= 0.3 is 11.7 Å². The second-order valence-corrected chi connectivity index (χ2v) is 4.31. The van der Waals surface area contributed by atoms with Gasteiger partial charge in [0, 0.05) is 18.8 Å². The standard InChI is InChI=1S/C10H9ClN6O4/c11-6-3-8(17(20)21)9(13-4-6)12-1-2-16-5-7(10(18)19)14-15-16/h3-5H,1-2H2,(H,12,13)(H,18,19). The molecule has 110 valence electrons. The summed E-state index contributed by atoms with van der Waals surface area (Å²) in [5.74, 6) is -1.10. The number of hydrogen-bond donors (Lipinski definition) is 2. The summed E-state index contributed by atoms with van der Waals surface area (Å²) in [4.78, 5) is 24.7. The van der Waals surface area contributed by atoms with Crippen LogP contribution in [0, 0.1) is 10.1 Å². The van der Waals surface area contributed by atoms with Gasteiger partial charge in [-0.05, 0) is 0 Å². The number of carbonyl (C=O) groups is 1. The zero-order valence-electron chi connectivity index (χ0n) is 10.4. The third-order valence-corrected chi connectivity index (χ3v) is 2.63. The summed E-state index contributed by atoms with van der Waals surface area (Å²) in [6.45, 7) is 0.514. The van der Waals surface area contributed by atoms with Crippen molar-refractivity contribution in [1.82, 2.24) is 20.0 Å². The average molecular weight is 313 g/mol. The lowest BCUT2D eigenvalue weighted by atomic mass is 10.4. The van der Waals surface area contributed by atoms with Crippen molar-refractivity contribution in [2.75, 3.05) is 11.9 Å². The monoisotopic (exact) mass is 312 g/mol. The average Bonchev–Trinajstić information content (AvgIpc) is 2.89. The van der Waals surface area contributed by atoms with Crippen molar-refractivity contribution in [3.8, 4) is 0 Å². The van der Waals surface area contributed by atoms with Crippen LogP contribution >= 0.6 is 11.6 Å². The summed E-state index contributed by atoms with van der Waals surface area (Å²) >= 11 is 5.65. The van der Waals surface area contributed by atoms with Crippen molar-refractivity contribution < 1.29 is 14.8 Å². The zero-order valence-corrected chi connectivity index (χ0v) is 11.2. The van der Waals surface area contributed by atoms with Gasteiger partial charge < -0.3 is 10.4 Å². The van der Waals surface area contributed by atoms with Crippen molar-refractivity contribution in [2.45, 2.75) is 6.54 Å². The third kappa shape index (κ3) is 3.63. The molecule has 0 radical (unpaired) electrons. The molecule has 0 saturated carbocycles. The molecule has 0 unspecified atom stereocenters. The van der Waals surface area contributed by atoms with Crippen LogP contribution in [0.3, 0.4) is 0 Å². The van der Waals surface area contributed by atoms with Gasteiger partial charge in [0.1, 0.15) is 0 Å². The number of hydrogen-bond acceptors (Lipinski definition) is 7. The van der Waals surface area contributed by atoms with Gasteiger partial charge in [0.25, 0.3) is 0 Å². The van der Waals surface area contributed by atoms with Crippen molar-refractivity contribution in [3.63, 3.8) is 0 Å². The van der Waals surface area contributed by atoms with Crippen LogP contribution in [0.5, 0.6) is 0 Å². The molecule has 0 saturated heterocycles. The van der Waals surface area contributed by atoms with Gasteiger partial charge in [-0.2, -0.15) is 0 Å². The van der Waals surface area contributed by atoms with Crippen molar-refractivity contribution in [1.29, 1.82) is 0 Å². The van der Waals surface area contributed by atoms with E-state index in [1.54, 1.807) is 0 Å². The lowest BCUT2D eigenvalue weighted by Gasteiger charge is -2.05. The van der Waals surface area contributed by atoms with E-state index in [1.807, 2.05) is 0 Å². The molecule has 2 heterocycles. The molecule has 2 aromatic rings. The number of aromatic nitrogens is 4. The van der Waals surface area contributed by atoms with Crippen LogP contribution in [0.25, 0.3) is 0 Å². The first-order valence-corrected chi connectivity index (χ1v) is 6.02.